The number of fused-ring (bicyclic) bond motifs is 1. The Labute approximate surface area is 172 Å². The van der Waals surface area contributed by atoms with E-state index in [2.05, 4.69) is 25.5 Å². The van der Waals surface area contributed by atoms with Gasteiger partial charge in [0.05, 0.1) is 6.54 Å². The molecule has 1 N–H and O–H groups in total. The molecule has 11 heteroatoms. The van der Waals surface area contributed by atoms with Gasteiger partial charge in [0.2, 0.25) is 5.91 Å². The Balaban J connectivity index is 0.000000318. The highest BCUT2D eigenvalue weighted by molar-refractivity contribution is 5.78. The second kappa shape index (κ2) is 9.78. The summed E-state index contributed by atoms with van der Waals surface area (Å²) in [4.78, 5) is 30.1. The lowest BCUT2D eigenvalue weighted by atomic mass is 10.0. The number of amides is 1. The lowest BCUT2D eigenvalue weighted by Crippen LogP contribution is -2.43. The summed E-state index contributed by atoms with van der Waals surface area (Å²) in [5.74, 6) is -0.785. The van der Waals surface area contributed by atoms with Crippen molar-refractivity contribution in [2.75, 3.05) is 32.8 Å². The smallest absolute Gasteiger partial charge is 0.475 e. The summed E-state index contributed by atoms with van der Waals surface area (Å²) >= 11 is 0. The van der Waals surface area contributed by atoms with Crippen LogP contribution in [-0.2, 0) is 27.4 Å². The summed E-state index contributed by atoms with van der Waals surface area (Å²) in [6.07, 6.45) is 2.87. The van der Waals surface area contributed by atoms with Gasteiger partial charge in [-0.2, -0.15) is 13.2 Å². The largest absolute Gasteiger partial charge is 0.490 e. The molecule has 1 atom stereocenters. The number of rotatable bonds is 3. The lowest BCUT2D eigenvalue weighted by molar-refractivity contribution is -0.192. The van der Waals surface area contributed by atoms with Crippen LogP contribution in [-0.4, -0.2) is 81.4 Å². The molecule has 0 saturated carbocycles. The molecule has 0 aromatic carbocycles. The third kappa shape index (κ3) is 5.94. The summed E-state index contributed by atoms with van der Waals surface area (Å²) in [7, 11) is 0. The molecule has 3 aliphatic rings. The van der Waals surface area contributed by atoms with Crippen molar-refractivity contribution >= 4 is 11.9 Å². The van der Waals surface area contributed by atoms with Gasteiger partial charge in [-0.05, 0) is 19.3 Å². The van der Waals surface area contributed by atoms with Gasteiger partial charge in [0.1, 0.15) is 5.82 Å². The second-order valence-electron chi connectivity index (χ2n) is 7.88. The molecule has 3 aliphatic heterocycles. The number of alkyl halides is 3. The average Bonchev–Trinajstić information content (AvgIpc) is 3.26. The van der Waals surface area contributed by atoms with Crippen LogP contribution in [0.5, 0.6) is 0 Å². The van der Waals surface area contributed by atoms with E-state index in [1.165, 1.54) is 0 Å². The Kier molecular flexibility index (Phi) is 7.35. The molecule has 4 heterocycles. The van der Waals surface area contributed by atoms with Gasteiger partial charge < -0.3 is 19.3 Å². The summed E-state index contributed by atoms with van der Waals surface area (Å²) in [5, 5.41) is 7.12. The fourth-order valence-electron chi connectivity index (χ4n) is 4.22. The van der Waals surface area contributed by atoms with E-state index >= 15 is 0 Å². The zero-order valence-corrected chi connectivity index (χ0v) is 16.7. The zero-order valence-electron chi connectivity index (χ0n) is 16.7. The molecule has 1 aromatic rings. The molecule has 1 unspecified atom stereocenters. The normalized spacial score (nSPS) is 23.5. The van der Waals surface area contributed by atoms with Gasteiger partial charge in [-0.25, -0.2) is 9.78 Å². The van der Waals surface area contributed by atoms with E-state index in [4.69, 9.17) is 14.6 Å². The maximum Gasteiger partial charge on any atom is 0.490 e. The first-order valence-electron chi connectivity index (χ1n) is 10.1. The number of carbonyl (C=O) groups is 2. The molecule has 30 heavy (non-hydrogen) atoms. The standard InChI is InChI=1S/C17H26N4O2.C2HF3O2/c22-17-2-1-6-20(17)11-14-10-19-7-5-18-16(19)13-21(12-14)15-3-8-23-9-4-15;3-2(4,5)1(6)7/h5,7,14-15H,1-4,6,8-13H2;(H,6,7). The first-order valence-corrected chi connectivity index (χ1v) is 10.1. The van der Waals surface area contributed by atoms with Gasteiger partial charge >= 0.3 is 12.1 Å². The van der Waals surface area contributed by atoms with E-state index in [1.54, 1.807) is 0 Å². The molecule has 1 amide bonds. The molecule has 0 bridgehead atoms. The number of carboxylic acid groups (broad SMARTS) is 1. The van der Waals surface area contributed by atoms with Crippen LogP contribution in [0, 0.1) is 5.92 Å². The third-order valence-electron chi connectivity index (χ3n) is 5.69. The summed E-state index contributed by atoms with van der Waals surface area (Å²) < 4.78 is 39.5. The molecule has 168 valence electrons. The molecule has 4 rings (SSSR count). The maximum absolute atomic E-state index is 12.0. The average molecular weight is 432 g/mol. The number of imidazole rings is 1. The van der Waals surface area contributed by atoms with Crippen LogP contribution < -0.4 is 0 Å². The van der Waals surface area contributed by atoms with Crippen LogP contribution in [0.15, 0.2) is 12.4 Å². The van der Waals surface area contributed by atoms with Gasteiger partial charge in [0.25, 0.3) is 0 Å². The second-order valence-corrected chi connectivity index (χ2v) is 7.88. The van der Waals surface area contributed by atoms with Crippen LogP contribution in [0.1, 0.15) is 31.5 Å². The molecule has 0 aliphatic carbocycles. The van der Waals surface area contributed by atoms with E-state index in [0.29, 0.717) is 17.9 Å². The summed E-state index contributed by atoms with van der Waals surface area (Å²) in [6, 6.07) is 0.587. The molecule has 2 fully saturated rings. The van der Waals surface area contributed by atoms with Crippen molar-refractivity contribution < 1.29 is 32.6 Å². The Hall–Kier alpha value is -2.14. The van der Waals surface area contributed by atoms with E-state index in [0.717, 1.165) is 77.4 Å². The Morgan fingerprint density at radius 3 is 2.57 bits per heavy atom. The van der Waals surface area contributed by atoms with E-state index < -0.39 is 12.1 Å². The highest BCUT2D eigenvalue weighted by Crippen LogP contribution is 2.24. The first kappa shape index (κ1) is 22.5. The Morgan fingerprint density at radius 2 is 1.97 bits per heavy atom. The van der Waals surface area contributed by atoms with Crippen LogP contribution in [0.2, 0.25) is 0 Å². The van der Waals surface area contributed by atoms with E-state index in [9.17, 15) is 18.0 Å². The number of nitrogens with zero attached hydrogens (tertiary/aromatic N) is 4. The molecule has 8 nitrogen and oxygen atoms in total. The van der Waals surface area contributed by atoms with Crippen LogP contribution in [0.4, 0.5) is 13.2 Å². The number of aromatic nitrogens is 2. The van der Waals surface area contributed by atoms with Crippen LogP contribution >= 0.6 is 0 Å². The van der Waals surface area contributed by atoms with Gasteiger partial charge in [-0.3, -0.25) is 9.69 Å². The van der Waals surface area contributed by atoms with Crippen molar-refractivity contribution in [1.82, 2.24) is 19.4 Å². The Morgan fingerprint density at radius 1 is 1.27 bits per heavy atom. The number of ether oxygens (including phenoxy) is 1. The van der Waals surface area contributed by atoms with Gasteiger partial charge in [0, 0.05) is 70.2 Å². The number of carboxylic acids is 1. The zero-order chi connectivity index (χ0) is 21.7. The molecule has 0 spiro atoms. The van der Waals surface area contributed by atoms with Crippen molar-refractivity contribution in [3.8, 4) is 0 Å². The fraction of sp³-hybridized carbons (Fsp3) is 0.737. The molecule has 1 aromatic heterocycles. The molecule has 0 radical (unpaired) electrons. The van der Waals surface area contributed by atoms with Crippen molar-refractivity contribution in [2.45, 2.75) is 51.0 Å². The van der Waals surface area contributed by atoms with Gasteiger partial charge in [-0.15, -0.1) is 0 Å². The number of aliphatic carboxylic acids is 1. The highest BCUT2D eigenvalue weighted by atomic mass is 19.4. The predicted molar refractivity (Wildman–Crippen MR) is 99.5 cm³/mol. The summed E-state index contributed by atoms with van der Waals surface area (Å²) in [6.45, 7) is 6.49. The van der Waals surface area contributed by atoms with Gasteiger partial charge in [0.15, 0.2) is 0 Å². The SMILES string of the molecule is O=C(O)C(F)(F)F.O=C1CCCN1CC1CN(C2CCOCC2)Cc2nccn2C1. The van der Waals surface area contributed by atoms with E-state index in [1.807, 2.05) is 6.20 Å². The highest BCUT2D eigenvalue weighted by Gasteiger charge is 2.38. The lowest BCUT2D eigenvalue weighted by Gasteiger charge is -2.35. The minimum absolute atomic E-state index is 0.331. The monoisotopic (exact) mass is 432 g/mol. The number of hydrogen-bond acceptors (Lipinski definition) is 5. The minimum atomic E-state index is -5.08. The maximum atomic E-state index is 12.0. The molecule has 2 saturated heterocycles. The summed E-state index contributed by atoms with van der Waals surface area (Å²) in [5.41, 5.74) is 0. The third-order valence-corrected chi connectivity index (χ3v) is 5.69. The predicted octanol–water partition coefficient (Wildman–Crippen LogP) is 1.75. The van der Waals surface area contributed by atoms with Gasteiger partial charge in [-0.1, -0.05) is 0 Å². The van der Waals surface area contributed by atoms with Crippen LogP contribution in [0.25, 0.3) is 0 Å². The minimum Gasteiger partial charge on any atom is -0.475 e. The number of hydrogen-bond donors (Lipinski definition) is 1. The first-order chi connectivity index (χ1) is 14.2. The molecular weight excluding hydrogens is 405 g/mol. The fourth-order valence-corrected chi connectivity index (χ4v) is 4.22. The van der Waals surface area contributed by atoms with Crippen LogP contribution in [0.3, 0.4) is 0 Å². The van der Waals surface area contributed by atoms with Crippen molar-refractivity contribution in [1.29, 1.82) is 0 Å². The topological polar surface area (TPSA) is 87.9 Å². The number of carbonyl (C=O) groups excluding carboxylic acids is 1. The van der Waals surface area contributed by atoms with E-state index in [-0.39, 0.29) is 0 Å². The molecular formula is C19H27F3N4O4. The quantitative estimate of drug-likeness (QED) is 0.783. The Bertz CT molecular complexity index is 734. The van der Waals surface area contributed by atoms with Crippen molar-refractivity contribution in [3.05, 3.63) is 18.2 Å². The number of likely N-dealkylation sites (tertiary alicyclic amines) is 1. The van der Waals surface area contributed by atoms with Crippen molar-refractivity contribution in [2.24, 2.45) is 5.92 Å². The van der Waals surface area contributed by atoms with Crippen molar-refractivity contribution in [3.63, 3.8) is 0 Å². The number of halogens is 3.